The third-order valence-corrected chi connectivity index (χ3v) is 4.83. The number of aliphatic hydroxyl groups excluding tert-OH is 1. The average Bonchev–Trinajstić information content (AvgIpc) is 2.78. The second kappa shape index (κ2) is 11.7. The number of halogens is 4. The lowest BCUT2D eigenvalue weighted by atomic mass is 10.1. The first-order valence-electron chi connectivity index (χ1n) is 9.87. The zero-order valence-corrected chi connectivity index (χ0v) is 18.9. The van der Waals surface area contributed by atoms with Crippen molar-refractivity contribution in [1.29, 1.82) is 0 Å². The first-order chi connectivity index (χ1) is 15.9. The number of benzene rings is 2. The molecule has 0 aliphatic rings. The fraction of sp³-hybridized carbons (Fsp3) is 0.318. The summed E-state index contributed by atoms with van der Waals surface area (Å²) in [6, 6.07) is 9.43. The molecular formula is C22H22ClF3N2O6. The number of rotatable bonds is 9. The number of ether oxygens (including phenoxy) is 2. The lowest BCUT2D eigenvalue weighted by Crippen LogP contribution is -2.51. The monoisotopic (exact) mass is 502 g/mol. The van der Waals surface area contributed by atoms with E-state index in [1.54, 1.807) is 49.4 Å². The van der Waals surface area contributed by atoms with E-state index in [4.69, 9.17) is 16.3 Å². The zero-order valence-electron chi connectivity index (χ0n) is 18.1. The molecule has 0 aliphatic heterocycles. The molecule has 0 bridgehead atoms. The molecule has 2 aromatic rings. The minimum atomic E-state index is -5.22. The van der Waals surface area contributed by atoms with Crippen LogP contribution in [0.25, 0.3) is 0 Å². The molecule has 2 amide bonds. The van der Waals surface area contributed by atoms with Crippen LogP contribution < -0.4 is 15.4 Å². The lowest BCUT2D eigenvalue weighted by Gasteiger charge is -2.18. The molecule has 184 valence electrons. The molecule has 0 saturated heterocycles. The highest BCUT2D eigenvalue weighted by molar-refractivity contribution is 6.32. The van der Waals surface area contributed by atoms with Gasteiger partial charge in [0, 0.05) is 6.54 Å². The minimum absolute atomic E-state index is 0.0947. The first kappa shape index (κ1) is 26.9. The van der Waals surface area contributed by atoms with E-state index in [0.29, 0.717) is 27.6 Å². The van der Waals surface area contributed by atoms with E-state index in [1.165, 1.54) is 5.32 Å². The lowest BCUT2D eigenvalue weighted by molar-refractivity contribution is -0.175. The topological polar surface area (TPSA) is 114 Å². The number of alkyl halides is 3. The number of hydrogen-bond donors (Lipinski definition) is 3. The van der Waals surface area contributed by atoms with Crippen molar-refractivity contribution in [2.45, 2.75) is 38.2 Å². The summed E-state index contributed by atoms with van der Waals surface area (Å²) in [6.45, 7) is 1.51. The molecule has 0 aromatic heterocycles. The molecule has 0 radical (unpaired) electrons. The van der Waals surface area contributed by atoms with Crippen molar-refractivity contribution in [2.24, 2.45) is 0 Å². The summed E-state index contributed by atoms with van der Waals surface area (Å²) in [5.41, 5.74) is 1.19. The van der Waals surface area contributed by atoms with Crippen molar-refractivity contribution in [3.8, 4) is 11.5 Å². The van der Waals surface area contributed by atoms with Crippen molar-refractivity contribution in [2.75, 3.05) is 7.11 Å². The molecule has 2 atom stereocenters. The highest BCUT2D eigenvalue weighted by atomic mass is 35.5. The van der Waals surface area contributed by atoms with Crippen molar-refractivity contribution >= 4 is 29.4 Å². The molecule has 3 N–H and O–H groups in total. The predicted molar refractivity (Wildman–Crippen MR) is 115 cm³/mol. The molecule has 0 heterocycles. The molecule has 0 saturated carbocycles. The number of hydrogen-bond acceptors (Lipinski definition) is 6. The first-order valence-corrected chi connectivity index (χ1v) is 10.2. The molecule has 12 heteroatoms. The number of methoxy groups -OCH3 is 1. The normalized spacial score (nSPS) is 12.9. The van der Waals surface area contributed by atoms with Gasteiger partial charge in [0.1, 0.15) is 17.5 Å². The van der Waals surface area contributed by atoms with Crippen LogP contribution >= 0.6 is 11.6 Å². The summed E-state index contributed by atoms with van der Waals surface area (Å²) in [5.74, 6) is -3.53. The van der Waals surface area contributed by atoms with Crippen LogP contribution in [0.4, 0.5) is 13.2 Å². The Morgan fingerprint density at radius 2 is 1.76 bits per heavy atom. The predicted octanol–water partition coefficient (Wildman–Crippen LogP) is 3.41. The Balaban J connectivity index is 2.00. The van der Waals surface area contributed by atoms with Crippen LogP contribution in [0.3, 0.4) is 0 Å². The molecule has 0 aliphatic carbocycles. The SMILES string of the molecule is COC(=O)CC(NC(=O)C(F)(F)F)C(=O)NCc1ccc(Oc2ccc(C(C)O)cc2Cl)cc1. The third-order valence-electron chi connectivity index (χ3n) is 4.53. The van der Waals surface area contributed by atoms with Gasteiger partial charge in [0.2, 0.25) is 5.91 Å². The van der Waals surface area contributed by atoms with Crippen LogP contribution in [-0.4, -0.2) is 42.2 Å². The van der Waals surface area contributed by atoms with Gasteiger partial charge in [0.15, 0.2) is 0 Å². The number of aliphatic hydroxyl groups is 1. The Morgan fingerprint density at radius 3 is 2.29 bits per heavy atom. The van der Waals surface area contributed by atoms with E-state index in [2.05, 4.69) is 10.1 Å². The maximum absolute atomic E-state index is 12.5. The van der Waals surface area contributed by atoms with Crippen LogP contribution in [0.15, 0.2) is 42.5 Å². The van der Waals surface area contributed by atoms with E-state index >= 15 is 0 Å². The Morgan fingerprint density at radius 1 is 1.12 bits per heavy atom. The number of carbonyl (C=O) groups excluding carboxylic acids is 3. The molecular weight excluding hydrogens is 481 g/mol. The van der Waals surface area contributed by atoms with Crippen molar-refractivity contribution in [3.05, 3.63) is 58.6 Å². The highest BCUT2D eigenvalue weighted by Crippen LogP contribution is 2.31. The van der Waals surface area contributed by atoms with Crippen molar-refractivity contribution in [1.82, 2.24) is 10.6 Å². The molecule has 0 fully saturated rings. The molecule has 0 spiro atoms. The summed E-state index contributed by atoms with van der Waals surface area (Å²) in [5, 5.41) is 13.7. The fourth-order valence-corrected chi connectivity index (χ4v) is 2.90. The van der Waals surface area contributed by atoms with Gasteiger partial charge in [-0.1, -0.05) is 29.8 Å². The van der Waals surface area contributed by atoms with Crippen LogP contribution in [0.1, 0.15) is 30.6 Å². The van der Waals surface area contributed by atoms with Gasteiger partial charge in [-0.05, 0) is 42.3 Å². The number of nitrogens with one attached hydrogen (secondary N) is 2. The van der Waals surface area contributed by atoms with E-state index in [0.717, 1.165) is 7.11 Å². The maximum atomic E-state index is 12.5. The fourth-order valence-electron chi connectivity index (χ4n) is 2.67. The second-order valence-electron chi connectivity index (χ2n) is 7.13. The van der Waals surface area contributed by atoms with Gasteiger partial charge in [-0.2, -0.15) is 13.2 Å². The number of amides is 2. The van der Waals surface area contributed by atoms with Crippen molar-refractivity contribution < 1.29 is 42.1 Å². The zero-order chi connectivity index (χ0) is 25.5. The van der Waals surface area contributed by atoms with Crippen LogP contribution in [0.2, 0.25) is 5.02 Å². The van der Waals surface area contributed by atoms with Gasteiger partial charge in [-0.15, -0.1) is 0 Å². The smallest absolute Gasteiger partial charge is 0.469 e. The third kappa shape index (κ3) is 7.92. The van der Waals surface area contributed by atoms with Gasteiger partial charge >= 0.3 is 18.1 Å². The highest BCUT2D eigenvalue weighted by Gasteiger charge is 2.41. The van der Waals surface area contributed by atoms with E-state index in [1.807, 2.05) is 0 Å². The Kier molecular flexibility index (Phi) is 9.28. The van der Waals surface area contributed by atoms with Gasteiger partial charge in [-0.25, -0.2) is 0 Å². The summed E-state index contributed by atoms with van der Waals surface area (Å²) < 4.78 is 47.6. The van der Waals surface area contributed by atoms with E-state index in [-0.39, 0.29) is 6.54 Å². The van der Waals surface area contributed by atoms with E-state index < -0.39 is 42.5 Å². The largest absolute Gasteiger partial charge is 0.471 e. The quantitative estimate of drug-likeness (QED) is 0.453. The number of esters is 1. The van der Waals surface area contributed by atoms with Crippen molar-refractivity contribution in [3.63, 3.8) is 0 Å². The molecule has 8 nitrogen and oxygen atoms in total. The average molecular weight is 503 g/mol. The Hall–Kier alpha value is -3.31. The molecule has 2 aromatic carbocycles. The summed E-state index contributed by atoms with van der Waals surface area (Å²) >= 11 is 6.16. The number of carbonyl (C=O) groups is 3. The molecule has 34 heavy (non-hydrogen) atoms. The molecule has 2 unspecified atom stereocenters. The van der Waals surface area contributed by atoms with Crippen LogP contribution in [0, 0.1) is 0 Å². The van der Waals surface area contributed by atoms with Gasteiger partial charge < -0.3 is 25.2 Å². The summed E-state index contributed by atoms with van der Waals surface area (Å²) in [6.07, 6.45) is -6.68. The van der Waals surface area contributed by atoms with Gasteiger partial charge in [0.25, 0.3) is 0 Å². The summed E-state index contributed by atoms with van der Waals surface area (Å²) in [7, 11) is 1.00. The van der Waals surface area contributed by atoms with Gasteiger partial charge in [-0.3, -0.25) is 14.4 Å². The van der Waals surface area contributed by atoms with Crippen LogP contribution in [-0.2, 0) is 25.7 Å². The van der Waals surface area contributed by atoms with Gasteiger partial charge in [0.05, 0.1) is 24.7 Å². The maximum Gasteiger partial charge on any atom is 0.471 e. The Bertz CT molecular complexity index is 1030. The minimum Gasteiger partial charge on any atom is -0.469 e. The van der Waals surface area contributed by atoms with Crippen LogP contribution in [0.5, 0.6) is 11.5 Å². The summed E-state index contributed by atoms with van der Waals surface area (Å²) in [4.78, 5) is 34.9. The second-order valence-corrected chi connectivity index (χ2v) is 7.54. The molecule has 2 rings (SSSR count). The van der Waals surface area contributed by atoms with E-state index in [9.17, 15) is 32.7 Å². The standard InChI is InChI=1S/C22H22ClF3N2O6/c1-12(29)14-5-8-18(16(23)9-14)34-15-6-3-13(4-7-15)11-27-20(31)17(10-19(30)33-2)28-21(32)22(24,25)26/h3-9,12,17,29H,10-11H2,1-2H3,(H,27,31)(H,28,32). The Labute approximate surface area is 198 Å².